The number of hydrogen-bond donors (Lipinski definition) is 1. The molecule has 0 spiro atoms. The number of carbonyl (C=O) groups is 1. The van der Waals surface area contributed by atoms with Gasteiger partial charge in [0.1, 0.15) is 4.21 Å². The first kappa shape index (κ1) is 16.8. The van der Waals surface area contributed by atoms with E-state index in [0.717, 1.165) is 0 Å². The van der Waals surface area contributed by atoms with Crippen LogP contribution in [0.5, 0.6) is 0 Å². The van der Waals surface area contributed by atoms with Gasteiger partial charge in [-0.15, -0.1) is 11.3 Å². The van der Waals surface area contributed by atoms with E-state index in [9.17, 15) is 13.2 Å². The molecular weight excluding hydrogens is 348 g/mol. The summed E-state index contributed by atoms with van der Waals surface area (Å²) in [6.45, 7) is 0.673. The van der Waals surface area contributed by atoms with Gasteiger partial charge in [-0.05, 0) is 36.4 Å². The van der Waals surface area contributed by atoms with Gasteiger partial charge >= 0.3 is 6.09 Å². The summed E-state index contributed by atoms with van der Waals surface area (Å²) in [4.78, 5) is 12.4. The van der Waals surface area contributed by atoms with E-state index in [1.807, 2.05) is 6.07 Å². The average Bonchev–Trinajstić information content (AvgIpc) is 3.12. The SMILES string of the molecule is O=C(O)N1CCC(N(c2ccccc2)S(=O)(=O)c2cccs2)CC1. The number of benzene rings is 1. The highest BCUT2D eigenvalue weighted by atomic mass is 32.2. The van der Waals surface area contributed by atoms with E-state index in [1.54, 1.807) is 41.8 Å². The van der Waals surface area contributed by atoms with E-state index in [-0.39, 0.29) is 6.04 Å². The summed E-state index contributed by atoms with van der Waals surface area (Å²) in [6, 6.07) is 12.1. The zero-order valence-corrected chi connectivity index (χ0v) is 14.5. The van der Waals surface area contributed by atoms with Gasteiger partial charge in [-0.3, -0.25) is 4.31 Å². The Hall–Kier alpha value is -2.06. The highest BCUT2D eigenvalue weighted by Crippen LogP contribution is 2.31. The van der Waals surface area contributed by atoms with Gasteiger partial charge in [-0.2, -0.15) is 0 Å². The van der Waals surface area contributed by atoms with Crippen molar-refractivity contribution in [1.82, 2.24) is 4.90 Å². The molecule has 0 bridgehead atoms. The number of thiophene rings is 1. The fourth-order valence-corrected chi connectivity index (χ4v) is 5.71. The number of likely N-dealkylation sites (tertiary alicyclic amines) is 1. The Balaban J connectivity index is 1.94. The van der Waals surface area contributed by atoms with Crippen LogP contribution >= 0.6 is 11.3 Å². The maximum Gasteiger partial charge on any atom is 0.407 e. The highest BCUT2D eigenvalue weighted by Gasteiger charge is 2.35. The van der Waals surface area contributed by atoms with Crippen LogP contribution in [0.25, 0.3) is 0 Å². The summed E-state index contributed by atoms with van der Waals surface area (Å²) >= 11 is 1.19. The molecule has 24 heavy (non-hydrogen) atoms. The molecule has 2 aromatic rings. The van der Waals surface area contributed by atoms with Crippen LogP contribution in [0.2, 0.25) is 0 Å². The van der Waals surface area contributed by atoms with Gasteiger partial charge in [0, 0.05) is 19.1 Å². The Kier molecular flexibility index (Phi) is 4.77. The van der Waals surface area contributed by atoms with Crippen LogP contribution in [0, 0.1) is 0 Å². The summed E-state index contributed by atoms with van der Waals surface area (Å²) in [6.07, 6.45) is -0.00162. The van der Waals surface area contributed by atoms with Crippen LogP contribution in [-0.2, 0) is 10.0 Å². The third-order valence-corrected chi connectivity index (χ3v) is 7.34. The molecule has 1 aliphatic rings. The van der Waals surface area contributed by atoms with E-state index in [0.29, 0.717) is 35.8 Å². The van der Waals surface area contributed by atoms with Gasteiger partial charge < -0.3 is 10.0 Å². The first-order valence-corrected chi connectivity index (χ1v) is 9.93. The summed E-state index contributed by atoms with van der Waals surface area (Å²) in [5.41, 5.74) is 0.611. The van der Waals surface area contributed by atoms with Crippen LogP contribution in [0.4, 0.5) is 10.5 Å². The molecule has 6 nitrogen and oxygen atoms in total. The van der Waals surface area contributed by atoms with Crippen LogP contribution in [0.3, 0.4) is 0 Å². The molecular formula is C16H18N2O4S2. The molecule has 0 aliphatic carbocycles. The second kappa shape index (κ2) is 6.82. The lowest BCUT2D eigenvalue weighted by Gasteiger charge is -2.37. The van der Waals surface area contributed by atoms with Crippen molar-refractivity contribution in [3.05, 3.63) is 47.8 Å². The summed E-state index contributed by atoms with van der Waals surface area (Å²) in [5, 5.41) is 10.8. The largest absolute Gasteiger partial charge is 0.465 e. The number of amides is 1. The van der Waals surface area contributed by atoms with Crippen molar-refractivity contribution >= 4 is 33.1 Å². The van der Waals surface area contributed by atoms with Crippen molar-refractivity contribution in [3.63, 3.8) is 0 Å². The molecule has 0 unspecified atom stereocenters. The molecule has 1 N–H and O–H groups in total. The third-order valence-electron chi connectivity index (χ3n) is 4.09. The van der Waals surface area contributed by atoms with Crippen LogP contribution in [0.1, 0.15) is 12.8 Å². The number of anilines is 1. The second-order valence-corrected chi connectivity index (χ2v) is 8.56. The van der Waals surface area contributed by atoms with E-state index >= 15 is 0 Å². The van der Waals surface area contributed by atoms with Crippen LogP contribution < -0.4 is 4.31 Å². The number of sulfonamides is 1. The molecule has 1 aromatic heterocycles. The lowest BCUT2D eigenvalue weighted by Crippen LogP contribution is -2.48. The first-order valence-electron chi connectivity index (χ1n) is 7.61. The van der Waals surface area contributed by atoms with Gasteiger partial charge in [0.05, 0.1) is 5.69 Å². The average molecular weight is 366 g/mol. The van der Waals surface area contributed by atoms with E-state index in [2.05, 4.69) is 0 Å². The number of rotatable bonds is 4. The first-order chi connectivity index (χ1) is 11.5. The Morgan fingerprint density at radius 2 is 1.79 bits per heavy atom. The normalized spacial score (nSPS) is 16.1. The number of para-hydroxylation sites is 1. The molecule has 1 aromatic carbocycles. The molecule has 2 heterocycles. The smallest absolute Gasteiger partial charge is 0.407 e. The zero-order valence-electron chi connectivity index (χ0n) is 12.9. The standard InChI is InChI=1S/C16H18N2O4S2/c19-16(20)17-10-8-14(9-11-17)18(13-5-2-1-3-6-13)24(21,22)15-7-4-12-23-15/h1-7,12,14H,8-11H2,(H,19,20). The van der Waals surface area contributed by atoms with Crippen molar-refractivity contribution in [2.45, 2.75) is 23.1 Å². The third kappa shape index (κ3) is 3.25. The van der Waals surface area contributed by atoms with E-state index < -0.39 is 16.1 Å². The molecule has 3 rings (SSSR count). The molecule has 1 aliphatic heterocycles. The van der Waals surface area contributed by atoms with Gasteiger partial charge in [-0.25, -0.2) is 13.2 Å². The number of carboxylic acid groups (broad SMARTS) is 1. The molecule has 128 valence electrons. The Morgan fingerprint density at radius 3 is 2.33 bits per heavy atom. The minimum Gasteiger partial charge on any atom is -0.465 e. The topological polar surface area (TPSA) is 77.9 Å². The Morgan fingerprint density at radius 1 is 1.12 bits per heavy atom. The predicted molar refractivity (Wildman–Crippen MR) is 93.0 cm³/mol. The lowest BCUT2D eigenvalue weighted by atomic mass is 10.0. The lowest BCUT2D eigenvalue weighted by molar-refractivity contribution is 0.133. The maximum absolute atomic E-state index is 13.1. The molecule has 0 saturated carbocycles. The molecule has 0 atom stereocenters. The van der Waals surface area contributed by atoms with Crippen LogP contribution in [0.15, 0.2) is 52.1 Å². The van der Waals surface area contributed by atoms with Gasteiger partial charge in [0.15, 0.2) is 0 Å². The summed E-state index contributed by atoms with van der Waals surface area (Å²) in [5.74, 6) is 0. The molecule has 0 radical (unpaired) electrons. The quantitative estimate of drug-likeness (QED) is 0.902. The summed E-state index contributed by atoms with van der Waals surface area (Å²) < 4.78 is 28.0. The number of nitrogens with zero attached hydrogens (tertiary/aromatic N) is 2. The van der Waals surface area contributed by atoms with E-state index in [1.165, 1.54) is 20.5 Å². The molecule has 1 saturated heterocycles. The molecule has 1 fully saturated rings. The van der Waals surface area contributed by atoms with Gasteiger partial charge in [0.2, 0.25) is 0 Å². The highest BCUT2D eigenvalue weighted by molar-refractivity contribution is 7.94. The van der Waals surface area contributed by atoms with Crippen molar-refractivity contribution in [3.8, 4) is 0 Å². The second-order valence-electron chi connectivity index (χ2n) is 5.57. The Bertz CT molecular complexity index is 783. The van der Waals surface area contributed by atoms with Crippen molar-refractivity contribution in [1.29, 1.82) is 0 Å². The monoisotopic (exact) mass is 366 g/mol. The zero-order chi connectivity index (χ0) is 17.2. The van der Waals surface area contributed by atoms with Crippen molar-refractivity contribution < 1.29 is 18.3 Å². The fourth-order valence-electron chi connectivity index (χ4n) is 2.92. The maximum atomic E-state index is 13.1. The van der Waals surface area contributed by atoms with Crippen LogP contribution in [-0.4, -0.2) is 43.6 Å². The minimum atomic E-state index is -3.66. The predicted octanol–water partition coefficient (Wildman–Crippen LogP) is 3.09. The van der Waals surface area contributed by atoms with Crippen molar-refractivity contribution in [2.75, 3.05) is 17.4 Å². The van der Waals surface area contributed by atoms with Gasteiger partial charge in [0.25, 0.3) is 10.0 Å². The summed E-state index contributed by atoms with van der Waals surface area (Å²) in [7, 11) is -3.66. The Labute approximate surface area is 145 Å². The van der Waals surface area contributed by atoms with E-state index in [4.69, 9.17) is 5.11 Å². The van der Waals surface area contributed by atoms with Gasteiger partial charge in [-0.1, -0.05) is 24.3 Å². The number of hydrogen-bond acceptors (Lipinski definition) is 4. The minimum absolute atomic E-state index is 0.255. The fraction of sp³-hybridized carbons (Fsp3) is 0.312. The molecule has 1 amide bonds. The van der Waals surface area contributed by atoms with Crippen molar-refractivity contribution in [2.24, 2.45) is 0 Å². The molecule has 8 heteroatoms. The number of piperidine rings is 1.